The first kappa shape index (κ1) is 8.49. The summed E-state index contributed by atoms with van der Waals surface area (Å²) in [5.74, 6) is 0.967. The average Bonchev–Trinajstić information content (AvgIpc) is 2.17. The average molecular weight is 187 g/mol. The summed E-state index contributed by atoms with van der Waals surface area (Å²) in [5, 5.41) is 0. The second kappa shape index (κ2) is 2.83. The largest absolute Gasteiger partial charge is 0.305 e. The molecule has 0 aromatic heterocycles. The van der Waals surface area contributed by atoms with Gasteiger partial charge in [-0.05, 0) is 31.4 Å². The summed E-state index contributed by atoms with van der Waals surface area (Å²) in [6.45, 7) is 2.57. The van der Waals surface area contributed by atoms with Gasteiger partial charge in [-0.2, -0.15) is 0 Å². The van der Waals surface area contributed by atoms with Crippen LogP contribution in [0, 0.1) is 5.92 Å². The smallest absolute Gasteiger partial charge is 0.00864 e. The molecule has 2 saturated heterocycles. The molecule has 0 unspecified atom stereocenters. The van der Waals surface area contributed by atoms with Crippen LogP contribution < -0.4 is 0 Å². The van der Waals surface area contributed by atoms with Gasteiger partial charge < -0.3 is 4.90 Å². The third-order valence-corrected chi connectivity index (χ3v) is 3.89. The van der Waals surface area contributed by atoms with E-state index in [0.717, 1.165) is 5.92 Å². The van der Waals surface area contributed by atoms with E-state index in [1.165, 1.54) is 25.9 Å². The highest BCUT2D eigenvalue weighted by molar-refractivity contribution is 5.30. The van der Waals surface area contributed by atoms with Crippen LogP contribution in [0.4, 0.5) is 0 Å². The van der Waals surface area contributed by atoms with Crippen molar-refractivity contribution in [2.75, 3.05) is 20.1 Å². The topological polar surface area (TPSA) is 3.24 Å². The number of piperidine rings is 2. The fourth-order valence-corrected chi connectivity index (χ4v) is 3.44. The highest BCUT2D eigenvalue weighted by atomic mass is 15.1. The van der Waals surface area contributed by atoms with Gasteiger partial charge in [-0.15, -0.1) is 0 Å². The Morgan fingerprint density at radius 1 is 1.21 bits per heavy atom. The summed E-state index contributed by atoms with van der Waals surface area (Å²) in [6, 6.07) is 11.1. The van der Waals surface area contributed by atoms with Gasteiger partial charge in [-0.25, -0.2) is 0 Å². The molecule has 1 saturated carbocycles. The monoisotopic (exact) mass is 187 g/mol. The van der Waals surface area contributed by atoms with Crippen molar-refractivity contribution in [2.45, 2.75) is 18.3 Å². The Hall–Kier alpha value is -0.820. The summed E-state index contributed by atoms with van der Waals surface area (Å²) in [4.78, 5) is 2.49. The van der Waals surface area contributed by atoms with Gasteiger partial charge in [0, 0.05) is 18.5 Å². The molecule has 0 atom stereocenters. The zero-order valence-electron chi connectivity index (χ0n) is 8.74. The molecule has 2 bridgehead atoms. The van der Waals surface area contributed by atoms with E-state index in [4.69, 9.17) is 0 Å². The molecule has 1 aromatic carbocycles. The molecule has 74 valence electrons. The first-order valence-electron chi connectivity index (χ1n) is 5.53. The van der Waals surface area contributed by atoms with E-state index < -0.39 is 0 Å². The maximum Gasteiger partial charge on any atom is 0.00864 e. The molecule has 1 nitrogen and oxygen atoms in total. The van der Waals surface area contributed by atoms with Crippen LogP contribution in [0.2, 0.25) is 0 Å². The van der Waals surface area contributed by atoms with Crippen molar-refractivity contribution < 1.29 is 0 Å². The molecule has 1 heteroatoms. The van der Waals surface area contributed by atoms with Gasteiger partial charge in [-0.1, -0.05) is 30.3 Å². The molecule has 1 aromatic rings. The van der Waals surface area contributed by atoms with Crippen molar-refractivity contribution in [1.82, 2.24) is 4.90 Å². The number of likely N-dealkylation sites (N-methyl/N-ethyl adjacent to an activating group) is 1. The van der Waals surface area contributed by atoms with E-state index in [1.54, 1.807) is 5.56 Å². The minimum atomic E-state index is 0.513. The van der Waals surface area contributed by atoms with Gasteiger partial charge in [0.15, 0.2) is 0 Å². The van der Waals surface area contributed by atoms with Crippen molar-refractivity contribution in [1.29, 1.82) is 0 Å². The maximum atomic E-state index is 2.49. The van der Waals surface area contributed by atoms with E-state index in [0.29, 0.717) is 5.41 Å². The normalized spacial score (nSPS) is 36.5. The van der Waals surface area contributed by atoms with Gasteiger partial charge in [0.1, 0.15) is 0 Å². The standard InChI is InChI=1S/C13H17N/c1-14-9-11-7-13(8-11,10-14)12-5-3-2-4-6-12/h2-6,11H,7-10H2,1H3. The van der Waals surface area contributed by atoms with Gasteiger partial charge in [-0.3, -0.25) is 0 Å². The van der Waals surface area contributed by atoms with Crippen molar-refractivity contribution >= 4 is 0 Å². The zero-order valence-corrected chi connectivity index (χ0v) is 8.74. The van der Waals surface area contributed by atoms with Gasteiger partial charge in [0.05, 0.1) is 0 Å². The molecule has 14 heavy (non-hydrogen) atoms. The summed E-state index contributed by atoms with van der Waals surface area (Å²) in [5.41, 5.74) is 2.07. The number of nitrogens with zero attached hydrogens (tertiary/aromatic N) is 1. The Balaban J connectivity index is 1.92. The van der Waals surface area contributed by atoms with Crippen LogP contribution in [-0.2, 0) is 5.41 Å². The number of hydrogen-bond acceptors (Lipinski definition) is 1. The highest BCUT2D eigenvalue weighted by Gasteiger charge is 2.49. The molecular formula is C13H17N. The first-order chi connectivity index (χ1) is 6.78. The van der Waals surface area contributed by atoms with E-state index in [2.05, 4.69) is 42.3 Å². The lowest BCUT2D eigenvalue weighted by Gasteiger charge is -2.56. The summed E-state index contributed by atoms with van der Waals surface area (Å²) in [7, 11) is 2.25. The molecule has 2 aliphatic heterocycles. The van der Waals surface area contributed by atoms with Crippen molar-refractivity contribution in [3.63, 3.8) is 0 Å². The van der Waals surface area contributed by atoms with E-state index >= 15 is 0 Å². The Labute approximate surface area is 85.7 Å². The minimum Gasteiger partial charge on any atom is -0.305 e. The van der Waals surface area contributed by atoms with E-state index in [-0.39, 0.29) is 0 Å². The van der Waals surface area contributed by atoms with E-state index in [1.807, 2.05) is 0 Å². The van der Waals surface area contributed by atoms with Crippen LogP contribution >= 0.6 is 0 Å². The Bertz CT molecular complexity index is 324. The maximum absolute atomic E-state index is 2.49. The Morgan fingerprint density at radius 3 is 2.57 bits per heavy atom. The molecular weight excluding hydrogens is 170 g/mol. The first-order valence-corrected chi connectivity index (χ1v) is 5.53. The summed E-state index contributed by atoms with van der Waals surface area (Å²) < 4.78 is 0. The molecule has 0 N–H and O–H groups in total. The predicted octanol–water partition coefficient (Wildman–Crippen LogP) is 2.28. The lowest BCUT2D eigenvalue weighted by atomic mass is 9.56. The number of benzene rings is 1. The van der Waals surface area contributed by atoms with Crippen molar-refractivity contribution in [3.05, 3.63) is 35.9 Å². The van der Waals surface area contributed by atoms with Crippen LogP contribution in [0.5, 0.6) is 0 Å². The fraction of sp³-hybridized carbons (Fsp3) is 0.538. The number of fused-ring (bicyclic) bond motifs is 2. The lowest BCUT2D eigenvalue weighted by Crippen LogP contribution is -2.57. The molecule has 3 aliphatic rings. The molecule has 4 rings (SSSR count). The second-order valence-electron chi connectivity index (χ2n) is 5.12. The summed E-state index contributed by atoms with van der Waals surface area (Å²) >= 11 is 0. The van der Waals surface area contributed by atoms with E-state index in [9.17, 15) is 0 Å². The van der Waals surface area contributed by atoms with Crippen LogP contribution in [0.15, 0.2) is 30.3 Å². The molecule has 0 amide bonds. The molecule has 0 spiro atoms. The fourth-order valence-electron chi connectivity index (χ4n) is 3.44. The van der Waals surface area contributed by atoms with Crippen LogP contribution in [-0.4, -0.2) is 25.0 Å². The molecule has 0 radical (unpaired) electrons. The lowest BCUT2D eigenvalue weighted by molar-refractivity contribution is 0.0104. The van der Waals surface area contributed by atoms with Crippen LogP contribution in [0.25, 0.3) is 0 Å². The Morgan fingerprint density at radius 2 is 1.93 bits per heavy atom. The molecule has 2 heterocycles. The van der Waals surface area contributed by atoms with Crippen molar-refractivity contribution in [2.24, 2.45) is 5.92 Å². The molecule has 1 aliphatic carbocycles. The van der Waals surface area contributed by atoms with Gasteiger partial charge >= 0.3 is 0 Å². The highest BCUT2D eigenvalue weighted by Crippen LogP contribution is 2.51. The Kier molecular flexibility index (Phi) is 1.72. The molecule has 3 fully saturated rings. The quantitative estimate of drug-likeness (QED) is 0.652. The third-order valence-electron chi connectivity index (χ3n) is 3.89. The number of rotatable bonds is 1. The predicted molar refractivity (Wildman–Crippen MR) is 58.3 cm³/mol. The third kappa shape index (κ3) is 1.12. The number of hydrogen-bond donors (Lipinski definition) is 0. The zero-order chi connectivity index (χ0) is 9.60. The second-order valence-corrected chi connectivity index (χ2v) is 5.12. The van der Waals surface area contributed by atoms with Gasteiger partial charge in [0.2, 0.25) is 0 Å². The van der Waals surface area contributed by atoms with Crippen LogP contribution in [0.3, 0.4) is 0 Å². The van der Waals surface area contributed by atoms with Crippen LogP contribution in [0.1, 0.15) is 18.4 Å². The minimum absolute atomic E-state index is 0.513. The van der Waals surface area contributed by atoms with Crippen molar-refractivity contribution in [3.8, 4) is 0 Å². The SMILES string of the molecule is CN1CC2CC(c3ccccc3)(C2)C1. The summed E-state index contributed by atoms with van der Waals surface area (Å²) in [6.07, 6.45) is 2.84. The van der Waals surface area contributed by atoms with Gasteiger partial charge in [0.25, 0.3) is 0 Å².